The van der Waals surface area contributed by atoms with E-state index in [1.807, 2.05) is 0 Å². The van der Waals surface area contributed by atoms with Crippen molar-refractivity contribution in [3.05, 3.63) is 12.2 Å². The summed E-state index contributed by atoms with van der Waals surface area (Å²) in [5.74, 6) is -2.11. The van der Waals surface area contributed by atoms with E-state index in [2.05, 4.69) is 9.47 Å². The first-order chi connectivity index (χ1) is 8.41. The monoisotopic (exact) mass is 260 g/mol. The van der Waals surface area contributed by atoms with Gasteiger partial charge in [0.2, 0.25) is 0 Å². The number of esters is 2. The molecule has 0 amide bonds. The molecule has 0 aromatic rings. The van der Waals surface area contributed by atoms with Gasteiger partial charge in [0.05, 0.1) is 20.3 Å². The van der Waals surface area contributed by atoms with Gasteiger partial charge in [-0.25, -0.2) is 9.59 Å². The van der Waals surface area contributed by atoms with E-state index in [1.165, 1.54) is 6.92 Å². The second-order valence-electron chi connectivity index (χ2n) is 3.62. The zero-order valence-electron chi connectivity index (χ0n) is 10.2. The summed E-state index contributed by atoms with van der Waals surface area (Å²) in [5.41, 5.74) is -1.52. The first kappa shape index (κ1) is 16.3. The van der Waals surface area contributed by atoms with Crippen LogP contribution in [0.25, 0.3) is 0 Å². The number of hydrogen-bond acceptors (Lipinski definition) is 7. The highest BCUT2D eigenvalue weighted by Crippen LogP contribution is 2.17. The van der Waals surface area contributed by atoms with Crippen molar-refractivity contribution < 1.29 is 34.1 Å². The van der Waals surface area contributed by atoms with Crippen molar-refractivity contribution in [2.24, 2.45) is 5.41 Å². The van der Waals surface area contributed by atoms with Gasteiger partial charge in [0, 0.05) is 12.2 Å². The lowest BCUT2D eigenvalue weighted by Gasteiger charge is -2.25. The molecule has 0 unspecified atom stereocenters. The number of hydrogen-bond donors (Lipinski definition) is 2. The van der Waals surface area contributed by atoms with E-state index >= 15 is 0 Å². The van der Waals surface area contributed by atoms with E-state index in [1.54, 1.807) is 0 Å². The second-order valence-corrected chi connectivity index (χ2v) is 3.62. The summed E-state index contributed by atoms with van der Waals surface area (Å²) in [5, 5.41) is 18.1. The average Bonchev–Trinajstić information content (AvgIpc) is 2.37. The number of ether oxygens (including phenoxy) is 2. The number of carbonyl (C=O) groups is 3. The molecule has 0 radical (unpaired) electrons. The number of carbonyl (C=O) groups excluding carboxylic acids is 3. The zero-order chi connectivity index (χ0) is 14.2. The van der Waals surface area contributed by atoms with E-state index in [4.69, 9.17) is 10.2 Å². The molecular formula is C11H16O7. The molecule has 0 saturated heterocycles. The van der Waals surface area contributed by atoms with E-state index in [0.717, 1.165) is 19.3 Å². The Bertz CT molecular complexity index is 341. The summed E-state index contributed by atoms with van der Waals surface area (Å²) in [6, 6.07) is 0. The van der Waals surface area contributed by atoms with Crippen LogP contribution in [0.2, 0.25) is 0 Å². The molecule has 0 aromatic carbocycles. The van der Waals surface area contributed by atoms with Crippen LogP contribution in [0, 0.1) is 5.41 Å². The van der Waals surface area contributed by atoms with Crippen LogP contribution in [0.4, 0.5) is 0 Å². The molecule has 0 aliphatic rings. The summed E-state index contributed by atoms with van der Waals surface area (Å²) >= 11 is 0. The maximum atomic E-state index is 11.2. The Morgan fingerprint density at radius 2 is 1.61 bits per heavy atom. The van der Waals surface area contributed by atoms with E-state index in [-0.39, 0.29) is 0 Å². The average molecular weight is 260 g/mol. The van der Waals surface area contributed by atoms with Crippen LogP contribution >= 0.6 is 0 Å². The maximum absolute atomic E-state index is 11.2. The van der Waals surface area contributed by atoms with Crippen molar-refractivity contribution >= 4 is 17.7 Å². The Morgan fingerprint density at radius 3 is 2.00 bits per heavy atom. The molecule has 0 spiro atoms. The molecule has 0 saturated carbocycles. The number of ketones is 1. The number of methoxy groups -OCH3 is 1. The minimum absolute atomic E-state index is 0.473. The number of aliphatic hydroxyl groups is 2. The molecule has 102 valence electrons. The Morgan fingerprint density at radius 1 is 1.11 bits per heavy atom. The largest absolute Gasteiger partial charge is 0.466 e. The van der Waals surface area contributed by atoms with Gasteiger partial charge in [-0.1, -0.05) is 0 Å². The predicted molar refractivity (Wildman–Crippen MR) is 59.4 cm³/mol. The molecule has 7 heteroatoms. The number of aliphatic hydroxyl groups excluding tert-OH is 2. The second kappa shape index (κ2) is 7.57. The van der Waals surface area contributed by atoms with Crippen molar-refractivity contribution in [1.29, 1.82) is 0 Å². The van der Waals surface area contributed by atoms with Crippen LogP contribution in [0.1, 0.15) is 6.92 Å². The SMILES string of the molecule is COC(=O)/C=C/C(=O)OCC(CO)(CO)C(C)=O. The molecule has 0 bridgehead atoms. The number of rotatable bonds is 7. The lowest BCUT2D eigenvalue weighted by Crippen LogP contribution is -2.42. The lowest BCUT2D eigenvalue weighted by atomic mass is 9.87. The van der Waals surface area contributed by atoms with Gasteiger partial charge in [-0.2, -0.15) is 0 Å². The Kier molecular flexibility index (Phi) is 6.84. The molecule has 0 aliphatic carbocycles. The van der Waals surface area contributed by atoms with Crippen LogP contribution in [0.5, 0.6) is 0 Å². The van der Waals surface area contributed by atoms with Crippen LogP contribution < -0.4 is 0 Å². The number of Topliss-reactive ketones (excluding diaryl/α,β-unsaturated/α-hetero) is 1. The molecule has 0 rings (SSSR count). The van der Waals surface area contributed by atoms with Gasteiger partial charge in [-0.15, -0.1) is 0 Å². The Hall–Kier alpha value is -1.73. The molecule has 0 aromatic heterocycles. The molecule has 0 fully saturated rings. The van der Waals surface area contributed by atoms with Crippen LogP contribution in [-0.2, 0) is 23.9 Å². The smallest absolute Gasteiger partial charge is 0.331 e. The fourth-order valence-corrected chi connectivity index (χ4v) is 0.927. The molecular weight excluding hydrogens is 244 g/mol. The third-order valence-electron chi connectivity index (χ3n) is 2.40. The summed E-state index contributed by atoms with van der Waals surface area (Å²) < 4.78 is 8.93. The van der Waals surface area contributed by atoms with Crippen molar-refractivity contribution in [2.45, 2.75) is 6.92 Å². The molecule has 2 N–H and O–H groups in total. The van der Waals surface area contributed by atoms with Crippen molar-refractivity contribution in [2.75, 3.05) is 26.9 Å². The maximum Gasteiger partial charge on any atom is 0.331 e. The quantitative estimate of drug-likeness (QED) is 0.438. The van der Waals surface area contributed by atoms with Gasteiger partial charge in [0.25, 0.3) is 0 Å². The molecule has 0 aliphatic heterocycles. The molecule has 0 atom stereocenters. The van der Waals surface area contributed by atoms with Crippen LogP contribution in [0.3, 0.4) is 0 Å². The molecule has 18 heavy (non-hydrogen) atoms. The van der Waals surface area contributed by atoms with Gasteiger partial charge in [-0.05, 0) is 6.92 Å². The highest BCUT2D eigenvalue weighted by Gasteiger charge is 2.35. The highest BCUT2D eigenvalue weighted by atomic mass is 16.5. The van der Waals surface area contributed by atoms with Crippen molar-refractivity contribution in [1.82, 2.24) is 0 Å². The molecule has 0 heterocycles. The minimum Gasteiger partial charge on any atom is -0.466 e. The summed E-state index contributed by atoms with van der Waals surface area (Å²) in [7, 11) is 1.15. The van der Waals surface area contributed by atoms with Gasteiger partial charge in [0.15, 0.2) is 0 Å². The first-order valence-electron chi connectivity index (χ1n) is 5.07. The minimum atomic E-state index is -1.52. The summed E-state index contributed by atoms with van der Waals surface area (Å²) in [6.45, 7) is -0.593. The highest BCUT2D eigenvalue weighted by molar-refractivity contribution is 5.91. The van der Waals surface area contributed by atoms with Crippen LogP contribution in [0.15, 0.2) is 12.2 Å². The Labute approximate surface area is 104 Å². The normalized spacial score (nSPS) is 11.3. The predicted octanol–water partition coefficient (Wildman–Crippen LogP) is -1.18. The van der Waals surface area contributed by atoms with E-state index < -0.39 is 43.0 Å². The van der Waals surface area contributed by atoms with E-state index in [9.17, 15) is 14.4 Å². The summed E-state index contributed by atoms with van der Waals surface area (Å²) in [4.78, 5) is 33.1. The van der Waals surface area contributed by atoms with Gasteiger partial charge in [-0.3, -0.25) is 4.79 Å². The topological polar surface area (TPSA) is 110 Å². The first-order valence-corrected chi connectivity index (χ1v) is 5.07. The van der Waals surface area contributed by atoms with Gasteiger partial charge in [0.1, 0.15) is 17.8 Å². The van der Waals surface area contributed by atoms with Gasteiger partial charge >= 0.3 is 11.9 Å². The van der Waals surface area contributed by atoms with Gasteiger partial charge < -0.3 is 19.7 Å². The third kappa shape index (κ3) is 4.64. The van der Waals surface area contributed by atoms with E-state index in [0.29, 0.717) is 0 Å². The third-order valence-corrected chi connectivity index (χ3v) is 2.40. The fourth-order valence-electron chi connectivity index (χ4n) is 0.927. The Balaban J connectivity index is 4.46. The lowest BCUT2D eigenvalue weighted by molar-refractivity contribution is -0.149. The zero-order valence-corrected chi connectivity index (χ0v) is 10.2. The van der Waals surface area contributed by atoms with Crippen LogP contribution in [-0.4, -0.2) is 54.9 Å². The fraction of sp³-hybridized carbons (Fsp3) is 0.545. The van der Waals surface area contributed by atoms with Crippen molar-refractivity contribution in [3.8, 4) is 0 Å². The summed E-state index contributed by atoms with van der Waals surface area (Å²) in [6.07, 6.45) is 1.68. The standard InChI is InChI=1S/C11H16O7/c1-8(14)11(5-12,6-13)7-18-10(16)4-3-9(15)17-2/h3-4,12-13H,5-7H2,1-2H3/b4-3+. The molecule has 7 nitrogen and oxygen atoms in total. The van der Waals surface area contributed by atoms with Crippen molar-refractivity contribution in [3.63, 3.8) is 0 Å².